The predicted octanol–water partition coefficient (Wildman–Crippen LogP) is 3.55. The molecule has 0 atom stereocenters. The SMILES string of the molecule is Cc1ccc(-n2c(C(=O)O)cc3ccccc32)cc1[N+](=O)[O-]. The number of carbonyl (C=O) groups is 1. The Morgan fingerprint density at radius 1 is 1.18 bits per heavy atom. The summed E-state index contributed by atoms with van der Waals surface area (Å²) in [6.45, 7) is 1.65. The number of nitrogens with zero attached hydrogens (tertiary/aromatic N) is 2. The molecule has 0 radical (unpaired) electrons. The van der Waals surface area contributed by atoms with Crippen LogP contribution in [0.15, 0.2) is 48.5 Å². The number of aromatic carboxylic acids is 1. The second-order valence-corrected chi connectivity index (χ2v) is 4.96. The fourth-order valence-corrected chi connectivity index (χ4v) is 2.52. The summed E-state index contributed by atoms with van der Waals surface area (Å²) in [4.78, 5) is 22.1. The van der Waals surface area contributed by atoms with E-state index >= 15 is 0 Å². The summed E-state index contributed by atoms with van der Waals surface area (Å²) in [6, 6.07) is 13.5. The number of hydrogen-bond donors (Lipinski definition) is 1. The Kier molecular flexibility index (Phi) is 3.14. The van der Waals surface area contributed by atoms with Gasteiger partial charge in [0.2, 0.25) is 0 Å². The molecular formula is C16H12N2O4. The van der Waals surface area contributed by atoms with Gasteiger partial charge >= 0.3 is 5.97 Å². The first kappa shape index (κ1) is 13.8. The molecule has 3 rings (SSSR count). The average Bonchev–Trinajstić information content (AvgIpc) is 2.87. The quantitative estimate of drug-likeness (QED) is 0.591. The van der Waals surface area contributed by atoms with Crippen molar-refractivity contribution in [2.24, 2.45) is 0 Å². The van der Waals surface area contributed by atoms with Crippen molar-refractivity contribution in [2.45, 2.75) is 6.92 Å². The van der Waals surface area contributed by atoms with Crippen molar-refractivity contribution in [3.8, 4) is 5.69 Å². The molecule has 0 saturated carbocycles. The number of nitro benzene ring substituents is 1. The standard InChI is InChI=1S/C16H12N2O4/c1-10-6-7-12(9-14(10)18(21)22)17-13-5-3-2-4-11(13)8-15(17)16(19)20/h2-9H,1H3,(H,19,20). The Balaban J connectivity index is 2.34. The molecule has 0 saturated heterocycles. The van der Waals surface area contributed by atoms with Crippen molar-refractivity contribution in [3.63, 3.8) is 0 Å². The largest absolute Gasteiger partial charge is 0.477 e. The number of para-hydroxylation sites is 1. The number of rotatable bonds is 3. The molecule has 0 amide bonds. The number of fused-ring (bicyclic) bond motifs is 1. The van der Waals surface area contributed by atoms with Gasteiger partial charge in [-0.15, -0.1) is 0 Å². The van der Waals surface area contributed by atoms with Crippen molar-refractivity contribution >= 4 is 22.6 Å². The maximum absolute atomic E-state index is 11.5. The monoisotopic (exact) mass is 296 g/mol. The highest BCUT2D eigenvalue weighted by Crippen LogP contribution is 2.28. The van der Waals surface area contributed by atoms with Crippen molar-refractivity contribution in [1.82, 2.24) is 4.57 Å². The van der Waals surface area contributed by atoms with E-state index in [2.05, 4.69) is 0 Å². The molecule has 1 aromatic heterocycles. The minimum atomic E-state index is -1.08. The number of carboxylic acid groups (broad SMARTS) is 1. The highest BCUT2D eigenvalue weighted by Gasteiger charge is 2.18. The van der Waals surface area contributed by atoms with E-state index in [1.807, 2.05) is 6.07 Å². The molecule has 0 spiro atoms. The summed E-state index contributed by atoms with van der Waals surface area (Å²) in [7, 11) is 0. The highest BCUT2D eigenvalue weighted by atomic mass is 16.6. The van der Waals surface area contributed by atoms with Crippen LogP contribution in [0.25, 0.3) is 16.6 Å². The predicted molar refractivity (Wildman–Crippen MR) is 81.6 cm³/mol. The number of aryl methyl sites for hydroxylation is 1. The van der Waals surface area contributed by atoms with Crippen molar-refractivity contribution in [3.05, 3.63) is 69.9 Å². The van der Waals surface area contributed by atoms with Crippen LogP contribution in [-0.2, 0) is 0 Å². The number of nitro groups is 1. The molecule has 2 aromatic carbocycles. The van der Waals surface area contributed by atoms with Gasteiger partial charge in [0.05, 0.1) is 16.1 Å². The lowest BCUT2D eigenvalue weighted by molar-refractivity contribution is -0.385. The van der Waals surface area contributed by atoms with Crippen LogP contribution in [0.5, 0.6) is 0 Å². The summed E-state index contributed by atoms with van der Waals surface area (Å²) < 4.78 is 1.52. The van der Waals surface area contributed by atoms with Crippen LogP contribution >= 0.6 is 0 Å². The minimum absolute atomic E-state index is 0.0355. The maximum Gasteiger partial charge on any atom is 0.352 e. The molecular weight excluding hydrogens is 284 g/mol. The first-order valence-electron chi connectivity index (χ1n) is 6.58. The van der Waals surface area contributed by atoms with Gasteiger partial charge < -0.3 is 9.67 Å². The van der Waals surface area contributed by atoms with E-state index in [4.69, 9.17) is 0 Å². The topological polar surface area (TPSA) is 85.4 Å². The van der Waals surface area contributed by atoms with E-state index in [-0.39, 0.29) is 11.4 Å². The third-order valence-electron chi connectivity index (χ3n) is 3.58. The van der Waals surface area contributed by atoms with Gasteiger partial charge in [-0.25, -0.2) is 4.79 Å². The Labute approximate surface area is 125 Å². The molecule has 22 heavy (non-hydrogen) atoms. The van der Waals surface area contributed by atoms with E-state index in [1.54, 1.807) is 43.3 Å². The zero-order valence-electron chi connectivity index (χ0n) is 11.7. The van der Waals surface area contributed by atoms with Gasteiger partial charge in [0, 0.05) is 17.0 Å². The van der Waals surface area contributed by atoms with Crippen molar-refractivity contribution in [1.29, 1.82) is 0 Å². The van der Waals surface area contributed by atoms with Crippen molar-refractivity contribution in [2.75, 3.05) is 0 Å². The Bertz CT molecular complexity index is 912. The first-order chi connectivity index (χ1) is 10.5. The van der Waals surface area contributed by atoms with E-state index in [1.165, 1.54) is 10.6 Å². The molecule has 3 aromatic rings. The van der Waals surface area contributed by atoms with Crippen LogP contribution in [0, 0.1) is 17.0 Å². The fraction of sp³-hybridized carbons (Fsp3) is 0.0625. The van der Waals surface area contributed by atoms with Crippen LogP contribution < -0.4 is 0 Å². The van der Waals surface area contributed by atoms with Crippen LogP contribution in [-0.4, -0.2) is 20.6 Å². The van der Waals surface area contributed by atoms with Crippen LogP contribution in [0.4, 0.5) is 5.69 Å². The van der Waals surface area contributed by atoms with Crippen LogP contribution in [0.2, 0.25) is 0 Å². The van der Waals surface area contributed by atoms with Crippen molar-refractivity contribution < 1.29 is 14.8 Å². The molecule has 0 fully saturated rings. The van der Waals surface area contributed by atoms with Gasteiger partial charge in [-0.3, -0.25) is 10.1 Å². The zero-order chi connectivity index (χ0) is 15.9. The molecule has 110 valence electrons. The molecule has 0 bridgehead atoms. The number of carboxylic acids is 1. The maximum atomic E-state index is 11.5. The van der Waals surface area contributed by atoms with Gasteiger partial charge in [-0.2, -0.15) is 0 Å². The number of benzene rings is 2. The second kappa shape index (κ2) is 5.00. The van der Waals surface area contributed by atoms with Gasteiger partial charge in [-0.1, -0.05) is 24.3 Å². The van der Waals surface area contributed by atoms with Gasteiger partial charge in [0.1, 0.15) is 5.69 Å². The molecule has 0 aliphatic carbocycles. The molecule has 0 unspecified atom stereocenters. The summed E-state index contributed by atoms with van der Waals surface area (Å²) in [5, 5.41) is 21.3. The summed E-state index contributed by atoms with van der Waals surface area (Å²) in [6.07, 6.45) is 0. The van der Waals surface area contributed by atoms with E-state index in [9.17, 15) is 20.0 Å². The zero-order valence-corrected chi connectivity index (χ0v) is 11.7. The molecule has 1 heterocycles. The number of aromatic nitrogens is 1. The Hall–Kier alpha value is -3.15. The lowest BCUT2D eigenvalue weighted by Gasteiger charge is -2.09. The highest BCUT2D eigenvalue weighted by molar-refractivity contribution is 5.96. The third kappa shape index (κ3) is 2.10. The van der Waals surface area contributed by atoms with Crippen LogP contribution in [0.1, 0.15) is 16.1 Å². The molecule has 1 N–H and O–H groups in total. The van der Waals surface area contributed by atoms with E-state index < -0.39 is 10.9 Å². The fourth-order valence-electron chi connectivity index (χ4n) is 2.52. The van der Waals surface area contributed by atoms with E-state index in [0.717, 1.165) is 5.39 Å². The van der Waals surface area contributed by atoms with Gasteiger partial charge in [0.15, 0.2) is 0 Å². The molecule has 0 aliphatic rings. The normalized spacial score (nSPS) is 10.8. The number of hydrogen-bond acceptors (Lipinski definition) is 3. The first-order valence-corrected chi connectivity index (χ1v) is 6.58. The van der Waals surface area contributed by atoms with Crippen LogP contribution in [0.3, 0.4) is 0 Å². The minimum Gasteiger partial charge on any atom is -0.477 e. The summed E-state index contributed by atoms with van der Waals surface area (Å²) in [5.41, 5.74) is 1.71. The summed E-state index contributed by atoms with van der Waals surface area (Å²) in [5.74, 6) is -1.08. The Morgan fingerprint density at radius 2 is 1.91 bits per heavy atom. The second-order valence-electron chi connectivity index (χ2n) is 4.96. The smallest absolute Gasteiger partial charge is 0.352 e. The third-order valence-corrected chi connectivity index (χ3v) is 3.58. The van der Waals surface area contributed by atoms with Gasteiger partial charge in [-0.05, 0) is 25.1 Å². The molecule has 6 heteroatoms. The Morgan fingerprint density at radius 3 is 2.59 bits per heavy atom. The van der Waals surface area contributed by atoms with E-state index in [0.29, 0.717) is 16.8 Å². The van der Waals surface area contributed by atoms with Gasteiger partial charge in [0.25, 0.3) is 5.69 Å². The lowest BCUT2D eigenvalue weighted by atomic mass is 10.2. The lowest BCUT2D eigenvalue weighted by Crippen LogP contribution is -2.07. The summed E-state index contributed by atoms with van der Waals surface area (Å²) >= 11 is 0. The average molecular weight is 296 g/mol. The molecule has 6 nitrogen and oxygen atoms in total. The molecule has 0 aliphatic heterocycles.